The second-order valence-electron chi connectivity index (χ2n) is 3.90. The third kappa shape index (κ3) is 4.66. The third-order valence-electron chi connectivity index (χ3n) is 2.31. The average molecular weight is 280 g/mol. The molecule has 0 aliphatic heterocycles. The van der Waals surface area contributed by atoms with Gasteiger partial charge in [0, 0.05) is 25.5 Å². The van der Waals surface area contributed by atoms with E-state index in [1.807, 2.05) is 0 Å². The molecule has 0 aliphatic carbocycles. The molecule has 0 saturated heterocycles. The molecule has 1 aromatic carbocycles. The van der Waals surface area contributed by atoms with Gasteiger partial charge >= 0.3 is 6.18 Å². The van der Waals surface area contributed by atoms with E-state index in [0.29, 0.717) is 13.0 Å². The van der Waals surface area contributed by atoms with Gasteiger partial charge in [0.15, 0.2) is 0 Å². The average Bonchev–Trinajstić information content (AvgIpc) is 2.36. The lowest BCUT2D eigenvalue weighted by Crippen LogP contribution is -2.20. The number of nitrogens with zero attached hydrogens (tertiary/aromatic N) is 1. The Bertz CT molecular complexity index is 604. The molecule has 0 fully saturated rings. The highest BCUT2D eigenvalue weighted by Crippen LogP contribution is 2.30. The Morgan fingerprint density at radius 2 is 2.05 bits per heavy atom. The molecule has 0 saturated carbocycles. The van der Waals surface area contributed by atoms with Crippen molar-refractivity contribution >= 4 is 5.91 Å². The Balaban J connectivity index is 2.90. The maximum atomic E-state index is 12.6. The SMILES string of the molecule is CC(=O)NCCC#Cc1cc(C(F)(F)F)ccc1C#N. The van der Waals surface area contributed by atoms with E-state index in [2.05, 4.69) is 17.2 Å². The van der Waals surface area contributed by atoms with Crippen molar-refractivity contribution < 1.29 is 18.0 Å². The van der Waals surface area contributed by atoms with Crippen molar-refractivity contribution in [2.75, 3.05) is 6.54 Å². The maximum Gasteiger partial charge on any atom is 0.416 e. The highest BCUT2D eigenvalue weighted by Gasteiger charge is 2.30. The van der Waals surface area contributed by atoms with Crippen LogP contribution in [0.25, 0.3) is 0 Å². The summed E-state index contributed by atoms with van der Waals surface area (Å²) in [4.78, 5) is 10.6. The van der Waals surface area contributed by atoms with Crippen molar-refractivity contribution in [3.8, 4) is 17.9 Å². The molecule has 0 heterocycles. The van der Waals surface area contributed by atoms with Gasteiger partial charge in [-0.2, -0.15) is 18.4 Å². The smallest absolute Gasteiger partial charge is 0.355 e. The van der Waals surface area contributed by atoms with Crippen LogP contribution < -0.4 is 5.32 Å². The van der Waals surface area contributed by atoms with Crippen LogP contribution >= 0.6 is 0 Å². The van der Waals surface area contributed by atoms with Crippen LogP contribution in [0.5, 0.6) is 0 Å². The van der Waals surface area contributed by atoms with Crippen molar-refractivity contribution in [3.63, 3.8) is 0 Å². The van der Waals surface area contributed by atoms with Crippen molar-refractivity contribution in [1.29, 1.82) is 5.26 Å². The van der Waals surface area contributed by atoms with Gasteiger partial charge < -0.3 is 5.32 Å². The Kier molecular flexibility index (Phi) is 5.16. The van der Waals surface area contributed by atoms with Crippen LogP contribution in [-0.2, 0) is 11.0 Å². The first kappa shape index (κ1) is 15.6. The minimum atomic E-state index is -4.47. The summed E-state index contributed by atoms with van der Waals surface area (Å²) in [6.45, 7) is 1.66. The van der Waals surface area contributed by atoms with E-state index < -0.39 is 11.7 Å². The number of carbonyl (C=O) groups is 1. The molecule has 3 nitrogen and oxygen atoms in total. The molecule has 1 aromatic rings. The third-order valence-corrected chi connectivity index (χ3v) is 2.31. The zero-order valence-electron chi connectivity index (χ0n) is 10.6. The summed E-state index contributed by atoms with van der Waals surface area (Å²) in [6, 6.07) is 4.59. The van der Waals surface area contributed by atoms with Crippen LogP contribution in [0.1, 0.15) is 30.0 Å². The van der Waals surface area contributed by atoms with Gasteiger partial charge in [0.05, 0.1) is 11.1 Å². The molecule has 0 bridgehead atoms. The van der Waals surface area contributed by atoms with Gasteiger partial charge in [-0.05, 0) is 18.2 Å². The normalized spacial score (nSPS) is 10.2. The van der Waals surface area contributed by atoms with E-state index in [1.54, 1.807) is 6.07 Å². The number of carbonyl (C=O) groups excluding carboxylic acids is 1. The maximum absolute atomic E-state index is 12.6. The molecule has 0 aliphatic rings. The highest BCUT2D eigenvalue weighted by molar-refractivity contribution is 5.72. The number of halogens is 3. The molecule has 1 amide bonds. The number of nitriles is 1. The molecule has 6 heteroatoms. The molecule has 0 atom stereocenters. The lowest BCUT2D eigenvalue weighted by atomic mass is 10.0. The van der Waals surface area contributed by atoms with Crippen molar-refractivity contribution in [2.45, 2.75) is 19.5 Å². The first-order valence-electron chi connectivity index (χ1n) is 5.69. The first-order chi connectivity index (χ1) is 9.34. The molecule has 0 spiro atoms. The molecule has 0 radical (unpaired) electrons. The summed E-state index contributed by atoms with van der Waals surface area (Å²) < 4.78 is 37.7. The largest absolute Gasteiger partial charge is 0.416 e. The Hall–Kier alpha value is -2.47. The molecule has 0 aromatic heterocycles. The van der Waals surface area contributed by atoms with Gasteiger partial charge in [0.25, 0.3) is 0 Å². The van der Waals surface area contributed by atoms with E-state index in [1.165, 1.54) is 6.92 Å². The fraction of sp³-hybridized carbons (Fsp3) is 0.286. The molecule has 1 rings (SSSR count). The number of nitrogens with one attached hydrogen (secondary N) is 1. The van der Waals surface area contributed by atoms with Crippen LogP contribution in [0.2, 0.25) is 0 Å². The van der Waals surface area contributed by atoms with Crippen LogP contribution in [0, 0.1) is 23.2 Å². The lowest BCUT2D eigenvalue weighted by molar-refractivity contribution is -0.137. The standard InChI is InChI=1S/C14H11F3N2O/c1-10(20)19-7-3-2-4-11-8-13(14(15,16)17)6-5-12(11)9-18/h5-6,8H,3,7H2,1H3,(H,19,20). The minimum Gasteiger partial charge on any atom is -0.355 e. The monoisotopic (exact) mass is 280 g/mol. The van der Waals surface area contributed by atoms with Crippen LogP contribution in [-0.4, -0.2) is 12.5 Å². The van der Waals surface area contributed by atoms with E-state index in [-0.39, 0.29) is 17.0 Å². The Labute approximate surface area is 114 Å². The summed E-state index contributed by atoms with van der Waals surface area (Å²) in [5, 5.41) is 11.3. The molecule has 0 unspecified atom stereocenters. The summed E-state index contributed by atoms with van der Waals surface area (Å²) in [5.41, 5.74) is -0.724. The number of hydrogen-bond donors (Lipinski definition) is 1. The molecular formula is C14H11F3N2O. The number of hydrogen-bond acceptors (Lipinski definition) is 2. The second-order valence-corrected chi connectivity index (χ2v) is 3.90. The number of alkyl halides is 3. The van der Waals surface area contributed by atoms with Gasteiger partial charge in [-0.25, -0.2) is 0 Å². The number of amides is 1. The number of benzene rings is 1. The van der Waals surface area contributed by atoms with Crippen molar-refractivity contribution in [2.24, 2.45) is 0 Å². The van der Waals surface area contributed by atoms with Gasteiger partial charge in [-0.15, -0.1) is 0 Å². The Morgan fingerprint density at radius 1 is 1.35 bits per heavy atom. The first-order valence-corrected chi connectivity index (χ1v) is 5.69. The van der Waals surface area contributed by atoms with Crippen LogP contribution in [0.4, 0.5) is 13.2 Å². The summed E-state index contributed by atoms with van der Waals surface area (Å²) in [7, 11) is 0. The van der Waals surface area contributed by atoms with Crippen molar-refractivity contribution in [1.82, 2.24) is 5.32 Å². The highest BCUT2D eigenvalue weighted by atomic mass is 19.4. The molecule has 104 valence electrons. The van der Waals surface area contributed by atoms with Crippen LogP contribution in [0.15, 0.2) is 18.2 Å². The van der Waals surface area contributed by atoms with E-state index in [9.17, 15) is 18.0 Å². The van der Waals surface area contributed by atoms with Gasteiger partial charge in [-0.3, -0.25) is 4.79 Å². The lowest BCUT2D eigenvalue weighted by Gasteiger charge is -2.07. The minimum absolute atomic E-state index is 0.0325. The fourth-order valence-corrected chi connectivity index (χ4v) is 1.38. The van der Waals surface area contributed by atoms with E-state index in [4.69, 9.17) is 5.26 Å². The van der Waals surface area contributed by atoms with Gasteiger partial charge in [-0.1, -0.05) is 11.8 Å². The van der Waals surface area contributed by atoms with Gasteiger partial charge in [0.2, 0.25) is 5.91 Å². The molecule has 1 N–H and O–H groups in total. The Morgan fingerprint density at radius 3 is 2.60 bits per heavy atom. The number of rotatable bonds is 2. The molecular weight excluding hydrogens is 269 g/mol. The predicted molar refractivity (Wildman–Crippen MR) is 66.3 cm³/mol. The second kappa shape index (κ2) is 6.63. The quantitative estimate of drug-likeness (QED) is 0.668. The summed E-state index contributed by atoms with van der Waals surface area (Å²) in [6.07, 6.45) is -4.18. The fourth-order valence-electron chi connectivity index (χ4n) is 1.38. The van der Waals surface area contributed by atoms with Gasteiger partial charge in [0.1, 0.15) is 6.07 Å². The van der Waals surface area contributed by atoms with E-state index in [0.717, 1.165) is 18.2 Å². The topological polar surface area (TPSA) is 52.9 Å². The van der Waals surface area contributed by atoms with E-state index >= 15 is 0 Å². The zero-order chi connectivity index (χ0) is 15.2. The predicted octanol–water partition coefficient (Wildman–Crippen LogP) is 2.45. The van der Waals surface area contributed by atoms with Crippen molar-refractivity contribution in [3.05, 3.63) is 34.9 Å². The summed E-state index contributed by atoms with van der Waals surface area (Å²) in [5.74, 6) is 4.95. The molecule has 20 heavy (non-hydrogen) atoms. The van der Waals surface area contributed by atoms with Crippen LogP contribution in [0.3, 0.4) is 0 Å². The zero-order valence-corrected chi connectivity index (χ0v) is 10.6. The summed E-state index contributed by atoms with van der Waals surface area (Å²) >= 11 is 0.